The maximum absolute atomic E-state index is 11.7. The SMILES string of the molecule is Cc1csc(CCCNC(=O)N[C@@H]2CCC[C@H]2C)n1. The number of nitrogens with zero attached hydrogens (tertiary/aromatic N) is 1. The normalized spacial score (nSPS) is 22.4. The fourth-order valence-electron chi connectivity index (χ4n) is 2.54. The molecule has 0 bridgehead atoms. The molecular formula is C14H23N3OS. The van der Waals surface area contributed by atoms with Gasteiger partial charge in [0.25, 0.3) is 0 Å². The highest BCUT2D eigenvalue weighted by Crippen LogP contribution is 2.24. The molecule has 2 rings (SSSR count). The number of rotatable bonds is 5. The Kier molecular flexibility index (Phi) is 5.19. The van der Waals surface area contributed by atoms with Crippen molar-refractivity contribution in [2.45, 2.75) is 52.0 Å². The van der Waals surface area contributed by atoms with Crippen LogP contribution in [0.15, 0.2) is 5.38 Å². The molecule has 19 heavy (non-hydrogen) atoms. The smallest absolute Gasteiger partial charge is 0.315 e. The summed E-state index contributed by atoms with van der Waals surface area (Å²) in [6, 6.07) is 0.343. The number of urea groups is 1. The molecule has 1 aromatic heterocycles. The van der Waals surface area contributed by atoms with Crippen LogP contribution in [-0.4, -0.2) is 23.6 Å². The number of aryl methyl sites for hydroxylation is 2. The molecule has 4 nitrogen and oxygen atoms in total. The van der Waals surface area contributed by atoms with Gasteiger partial charge in [0.2, 0.25) is 0 Å². The van der Waals surface area contributed by atoms with Gasteiger partial charge in [-0.25, -0.2) is 9.78 Å². The van der Waals surface area contributed by atoms with Gasteiger partial charge in [0.05, 0.1) is 5.01 Å². The molecule has 1 aliphatic carbocycles. The zero-order valence-electron chi connectivity index (χ0n) is 11.7. The minimum Gasteiger partial charge on any atom is -0.338 e. The summed E-state index contributed by atoms with van der Waals surface area (Å²) in [5, 5.41) is 9.23. The summed E-state index contributed by atoms with van der Waals surface area (Å²) >= 11 is 1.70. The van der Waals surface area contributed by atoms with Crippen molar-refractivity contribution in [3.8, 4) is 0 Å². The summed E-state index contributed by atoms with van der Waals surface area (Å²) in [4.78, 5) is 16.1. The Morgan fingerprint density at radius 2 is 2.37 bits per heavy atom. The van der Waals surface area contributed by atoms with Crippen LogP contribution >= 0.6 is 11.3 Å². The van der Waals surface area contributed by atoms with Gasteiger partial charge in [-0.2, -0.15) is 0 Å². The van der Waals surface area contributed by atoms with Gasteiger partial charge in [-0.1, -0.05) is 13.3 Å². The second kappa shape index (κ2) is 6.89. The van der Waals surface area contributed by atoms with E-state index in [1.807, 2.05) is 6.92 Å². The predicted octanol–water partition coefficient (Wildman–Crippen LogP) is 2.87. The van der Waals surface area contributed by atoms with Crippen molar-refractivity contribution in [2.75, 3.05) is 6.54 Å². The Bertz CT molecular complexity index is 419. The van der Waals surface area contributed by atoms with Crippen LogP contribution in [0, 0.1) is 12.8 Å². The lowest BCUT2D eigenvalue weighted by molar-refractivity contribution is 0.234. The summed E-state index contributed by atoms with van der Waals surface area (Å²) < 4.78 is 0. The molecule has 0 spiro atoms. The van der Waals surface area contributed by atoms with Gasteiger partial charge in [0, 0.05) is 30.1 Å². The summed E-state index contributed by atoms with van der Waals surface area (Å²) in [5.41, 5.74) is 1.08. The monoisotopic (exact) mass is 281 g/mol. The zero-order valence-corrected chi connectivity index (χ0v) is 12.6. The lowest BCUT2D eigenvalue weighted by atomic mass is 10.1. The topological polar surface area (TPSA) is 54.0 Å². The highest BCUT2D eigenvalue weighted by Gasteiger charge is 2.24. The highest BCUT2D eigenvalue weighted by atomic mass is 32.1. The largest absolute Gasteiger partial charge is 0.338 e. The quantitative estimate of drug-likeness (QED) is 0.815. The fraction of sp³-hybridized carbons (Fsp3) is 0.714. The van der Waals surface area contributed by atoms with Gasteiger partial charge in [0.15, 0.2) is 0 Å². The molecule has 0 unspecified atom stereocenters. The maximum Gasteiger partial charge on any atom is 0.315 e. The standard InChI is InChI=1S/C14H23N3OS/c1-10-5-3-6-12(10)17-14(18)15-8-4-7-13-16-11(2)9-19-13/h9-10,12H,3-8H2,1-2H3,(H2,15,17,18)/t10-,12-/m1/s1. The molecule has 0 saturated heterocycles. The van der Waals surface area contributed by atoms with E-state index in [1.165, 1.54) is 12.8 Å². The molecule has 1 fully saturated rings. The van der Waals surface area contributed by atoms with Crippen molar-refractivity contribution >= 4 is 17.4 Å². The van der Waals surface area contributed by atoms with E-state index in [1.54, 1.807) is 11.3 Å². The highest BCUT2D eigenvalue weighted by molar-refractivity contribution is 7.09. The van der Waals surface area contributed by atoms with Crippen LogP contribution in [0.1, 0.15) is 43.3 Å². The van der Waals surface area contributed by atoms with Crippen LogP contribution in [0.2, 0.25) is 0 Å². The van der Waals surface area contributed by atoms with Crippen molar-refractivity contribution in [1.82, 2.24) is 15.6 Å². The van der Waals surface area contributed by atoms with Crippen molar-refractivity contribution in [3.63, 3.8) is 0 Å². The first-order chi connectivity index (χ1) is 9.15. The van der Waals surface area contributed by atoms with Crippen LogP contribution in [0.25, 0.3) is 0 Å². The molecule has 1 heterocycles. The van der Waals surface area contributed by atoms with Gasteiger partial charge in [0.1, 0.15) is 0 Å². The Morgan fingerprint density at radius 1 is 1.53 bits per heavy atom. The van der Waals surface area contributed by atoms with Gasteiger partial charge < -0.3 is 10.6 Å². The Morgan fingerprint density at radius 3 is 3.00 bits per heavy atom. The van der Waals surface area contributed by atoms with Crippen molar-refractivity contribution < 1.29 is 4.79 Å². The van der Waals surface area contributed by atoms with E-state index < -0.39 is 0 Å². The molecular weight excluding hydrogens is 258 g/mol. The van der Waals surface area contributed by atoms with Crippen LogP contribution < -0.4 is 10.6 Å². The fourth-order valence-corrected chi connectivity index (χ4v) is 3.36. The molecule has 2 N–H and O–H groups in total. The van der Waals surface area contributed by atoms with Crippen LogP contribution in [0.5, 0.6) is 0 Å². The van der Waals surface area contributed by atoms with E-state index in [0.29, 0.717) is 18.5 Å². The molecule has 1 aromatic rings. The summed E-state index contributed by atoms with van der Waals surface area (Å²) in [7, 11) is 0. The number of hydrogen-bond acceptors (Lipinski definition) is 3. The third-order valence-electron chi connectivity index (χ3n) is 3.70. The second-order valence-corrected chi connectivity index (χ2v) is 6.34. The summed E-state index contributed by atoms with van der Waals surface area (Å²) in [6.07, 6.45) is 5.47. The van der Waals surface area contributed by atoms with Crippen LogP contribution in [0.4, 0.5) is 4.79 Å². The number of thiazole rings is 1. The maximum atomic E-state index is 11.7. The van der Waals surface area contributed by atoms with E-state index in [0.717, 1.165) is 30.0 Å². The van der Waals surface area contributed by atoms with Crippen LogP contribution in [0.3, 0.4) is 0 Å². The van der Waals surface area contributed by atoms with Crippen molar-refractivity contribution in [1.29, 1.82) is 0 Å². The first kappa shape index (κ1) is 14.3. The minimum absolute atomic E-state index is 0.0194. The van der Waals surface area contributed by atoms with E-state index in [4.69, 9.17) is 0 Å². The number of hydrogen-bond donors (Lipinski definition) is 2. The van der Waals surface area contributed by atoms with E-state index in [9.17, 15) is 4.79 Å². The average Bonchev–Trinajstić information content (AvgIpc) is 2.95. The zero-order chi connectivity index (χ0) is 13.7. The van der Waals surface area contributed by atoms with Crippen LogP contribution in [-0.2, 0) is 6.42 Å². The Labute approximate surface area is 119 Å². The molecule has 5 heteroatoms. The average molecular weight is 281 g/mol. The number of amides is 2. The summed E-state index contributed by atoms with van der Waals surface area (Å²) in [6.45, 7) is 4.93. The number of nitrogens with one attached hydrogen (secondary N) is 2. The number of carbonyl (C=O) groups excluding carboxylic acids is 1. The predicted molar refractivity (Wildman–Crippen MR) is 78.5 cm³/mol. The molecule has 2 atom stereocenters. The molecule has 0 radical (unpaired) electrons. The number of aromatic nitrogens is 1. The van der Waals surface area contributed by atoms with Crippen molar-refractivity contribution in [2.24, 2.45) is 5.92 Å². The number of carbonyl (C=O) groups is 1. The minimum atomic E-state index is -0.0194. The van der Waals surface area contributed by atoms with Gasteiger partial charge in [-0.15, -0.1) is 11.3 Å². The van der Waals surface area contributed by atoms with Crippen molar-refractivity contribution in [3.05, 3.63) is 16.1 Å². The molecule has 2 amide bonds. The lowest BCUT2D eigenvalue weighted by Crippen LogP contribution is -2.43. The van der Waals surface area contributed by atoms with E-state index in [2.05, 4.69) is 27.9 Å². The lowest BCUT2D eigenvalue weighted by Gasteiger charge is -2.17. The molecule has 1 saturated carbocycles. The summed E-state index contributed by atoms with van der Waals surface area (Å²) in [5.74, 6) is 0.615. The third-order valence-corrected chi connectivity index (χ3v) is 4.72. The second-order valence-electron chi connectivity index (χ2n) is 5.40. The van der Waals surface area contributed by atoms with E-state index >= 15 is 0 Å². The van der Waals surface area contributed by atoms with E-state index in [-0.39, 0.29) is 6.03 Å². The van der Waals surface area contributed by atoms with Gasteiger partial charge in [-0.3, -0.25) is 0 Å². The van der Waals surface area contributed by atoms with Gasteiger partial charge >= 0.3 is 6.03 Å². The molecule has 0 aliphatic heterocycles. The first-order valence-electron chi connectivity index (χ1n) is 7.10. The third kappa shape index (κ3) is 4.49. The molecule has 1 aliphatic rings. The first-order valence-corrected chi connectivity index (χ1v) is 7.98. The molecule has 106 valence electrons. The van der Waals surface area contributed by atoms with Gasteiger partial charge in [-0.05, 0) is 32.1 Å². The Balaban J connectivity index is 1.59. The Hall–Kier alpha value is -1.10. The molecule has 0 aromatic carbocycles.